The molecule has 0 saturated heterocycles. The summed E-state index contributed by atoms with van der Waals surface area (Å²) in [5, 5.41) is 0.848. The number of carbonyl (C=O) groups excluding carboxylic acids is 1. The molecule has 0 unspecified atom stereocenters. The van der Waals surface area contributed by atoms with Crippen LogP contribution in [0.4, 0.5) is 5.69 Å². The van der Waals surface area contributed by atoms with E-state index in [1.807, 2.05) is 19.1 Å². The number of pyridine rings is 1. The van der Waals surface area contributed by atoms with Crippen LogP contribution in [0.5, 0.6) is 0 Å². The topological polar surface area (TPSA) is 59.2 Å². The van der Waals surface area contributed by atoms with E-state index in [4.69, 9.17) is 12.2 Å². The van der Waals surface area contributed by atoms with Crippen molar-refractivity contribution >= 4 is 33.1 Å². The molecule has 108 valence electrons. The molecule has 5 heteroatoms. The summed E-state index contributed by atoms with van der Waals surface area (Å²) >= 11 is 1.35. The van der Waals surface area contributed by atoms with Gasteiger partial charge in [-0.3, -0.25) is 4.79 Å². The summed E-state index contributed by atoms with van der Waals surface area (Å²) in [6.07, 6.45) is 7.75. The van der Waals surface area contributed by atoms with Crippen molar-refractivity contribution in [3.63, 3.8) is 0 Å². The number of rotatable bonds is 4. The third-order valence-corrected chi connectivity index (χ3v) is 4.78. The Kier molecular flexibility index (Phi) is 3.56. The summed E-state index contributed by atoms with van der Waals surface area (Å²) in [7, 11) is 0. The van der Waals surface area contributed by atoms with E-state index < -0.39 is 0 Å². The Bertz CT molecular complexity index is 740. The van der Waals surface area contributed by atoms with Crippen LogP contribution in [0.25, 0.3) is 10.2 Å². The van der Waals surface area contributed by atoms with E-state index in [0.29, 0.717) is 23.0 Å². The average molecular weight is 299 g/mol. The highest BCUT2D eigenvalue weighted by Gasteiger charge is 2.29. The molecular weight excluding hydrogens is 282 g/mol. The quantitative estimate of drug-likeness (QED) is 0.883. The summed E-state index contributed by atoms with van der Waals surface area (Å²) in [6, 6.07) is 3.83. The maximum absolute atomic E-state index is 12.7. The number of terminal acetylenes is 1. The van der Waals surface area contributed by atoms with Crippen molar-refractivity contribution in [1.82, 2.24) is 9.88 Å². The highest BCUT2D eigenvalue weighted by Crippen LogP contribution is 2.35. The van der Waals surface area contributed by atoms with Crippen molar-refractivity contribution < 1.29 is 4.79 Å². The molecule has 1 fully saturated rings. The first-order valence-corrected chi connectivity index (χ1v) is 7.80. The van der Waals surface area contributed by atoms with Gasteiger partial charge < -0.3 is 10.6 Å². The second-order valence-corrected chi connectivity index (χ2v) is 6.48. The molecule has 0 bridgehead atoms. The minimum Gasteiger partial charge on any atom is -0.397 e. The third kappa shape index (κ3) is 2.72. The number of nitrogens with zero attached hydrogens (tertiary/aromatic N) is 2. The van der Waals surface area contributed by atoms with Gasteiger partial charge in [0.1, 0.15) is 9.71 Å². The normalized spacial score (nSPS) is 14.1. The standard InChI is InChI=1S/C16H17N3OS/c1-3-8-19(9-11-5-6-11)16(20)14-13(17)12-7-4-10(2)18-15(12)21-14/h1,4,7,11H,5-6,8-9,17H2,2H3. The Morgan fingerprint density at radius 3 is 3.00 bits per heavy atom. The largest absolute Gasteiger partial charge is 0.397 e. The van der Waals surface area contributed by atoms with Gasteiger partial charge in [0.25, 0.3) is 5.91 Å². The number of nitrogens with two attached hydrogens (primary N) is 1. The SMILES string of the molecule is C#CCN(CC1CC1)C(=O)c1sc2nc(C)ccc2c1N. The minimum atomic E-state index is -0.0713. The van der Waals surface area contributed by atoms with Crippen LogP contribution in [-0.2, 0) is 0 Å². The number of thiophene rings is 1. The van der Waals surface area contributed by atoms with Gasteiger partial charge in [-0.15, -0.1) is 17.8 Å². The van der Waals surface area contributed by atoms with Crippen LogP contribution in [-0.4, -0.2) is 28.9 Å². The zero-order chi connectivity index (χ0) is 15.0. The lowest BCUT2D eigenvalue weighted by Gasteiger charge is -2.19. The van der Waals surface area contributed by atoms with E-state index in [1.54, 1.807) is 4.90 Å². The molecule has 2 aromatic heterocycles. The van der Waals surface area contributed by atoms with E-state index >= 15 is 0 Å². The van der Waals surface area contributed by atoms with E-state index in [9.17, 15) is 4.79 Å². The fraction of sp³-hybridized carbons (Fsp3) is 0.375. The fourth-order valence-corrected chi connectivity index (χ4v) is 3.44. The van der Waals surface area contributed by atoms with Crippen LogP contribution >= 0.6 is 11.3 Å². The van der Waals surface area contributed by atoms with Gasteiger partial charge in [-0.1, -0.05) is 5.92 Å². The maximum Gasteiger partial charge on any atom is 0.266 e. The summed E-state index contributed by atoms with van der Waals surface area (Å²) in [4.78, 5) is 20.2. The molecule has 2 N–H and O–H groups in total. The molecule has 1 saturated carbocycles. The molecule has 2 aromatic rings. The Morgan fingerprint density at radius 2 is 2.33 bits per heavy atom. The fourth-order valence-electron chi connectivity index (χ4n) is 2.33. The lowest BCUT2D eigenvalue weighted by molar-refractivity contribution is 0.0775. The molecular formula is C16H17N3OS. The highest BCUT2D eigenvalue weighted by atomic mass is 32.1. The number of fused-ring (bicyclic) bond motifs is 1. The van der Waals surface area contributed by atoms with Gasteiger partial charge in [-0.05, 0) is 37.8 Å². The Hall–Kier alpha value is -2.06. The molecule has 0 aliphatic heterocycles. The van der Waals surface area contributed by atoms with Crippen molar-refractivity contribution in [1.29, 1.82) is 0 Å². The van der Waals surface area contributed by atoms with E-state index in [-0.39, 0.29) is 5.91 Å². The lowest BCUT2D eigenvalue weighted by Crippen LogP contribution is -2.33. The zero-order valence-electron chi connectivity index (χ0n) is 11.9. The van der Waals surface area contributed by atoms with Crippen LogP contribution in [0.15, 0.2) is 12.1 Å². The lowest BCUT2D eigenvalue weighted by atomic mass is 10.2. The number of carbonyl (C=O) groups is 1. The predicted octanol–water partition coefficient (Wildman–Crippen LogP) is 2.67. The van der Waals surface area contributed by atoms with Gasteiger partial charge in [0.15, 0.2) is 0 Å². The number of aryl methyl sites for hydroxylation is 1. The first-order chi connectivity index (χ1) is 10.1. The Morgan fingerprint density at radius 1 is 1.57 bits per heavy atom. The molecule has 1 aliphatic rings. The second kappa shape index (κ2) is 5.38. The predicted molar refractivity (Wildman–Crippen MR) is 86.2 cm³/mol. The number of nitrogen functional groups attached to an aromatic ring is 1. The summed E-state index contributed by atoms with van der Waals surface area (Å²) < 4.78 is 0. The molecule has 0 radical (unpaired) electrons. The van der Waals surface area contributed by atoms with Crippen LogP contribution in [0, 0.1) is 25.2 Å². The van der Waals surface area contributed by atoms with Gasteiger partial charge >= 0.3 is 0 Å². The van der Waals surface area contributed by atoms with Crippen LogP contribution in [0.3, 0.4) is 0 Å². The highest BCUT2D eigenvalue weighted by molar-refractivity contribution is 7.21. The van der Waals surface area contributed by atoms with Crippen LogP contribution in [0.2, 0.25) is 0 Å². The second-order valence-electron chi connectivity index (χ2n) is 5.48. The minimum absolute atomic E-state index is 0.0713. The third-order valence-electron chi connectivity index (χ3n) is 3.67. The first-order valence-electron chi connectivity index (χ1n) is 6.98. The number of aromatic nitrogens is 1. The molecule has 0 atom stereocenters. The van der Waals surface area contributed by atoms with Crippen molar-refractivity contribution in [3.8, 4) is 12.3 Å². The Labute approximate surface area is 128 Å². The molecule has 1 aliphatic carbocycles. The monoisotopic (exact) mass is 299 g/mol. The van der Waals surface area contributed by atoms with E-state index in [2.05, 4.69) is 10.9 Å². The van der Waals surface area contributed by atoms with Gasteiger partial charge in [-0.2, -0.15) is 0 Å². The van der Waals surface area contributed by atoms with Crippen molar-refractivity contribution in [3.05, 3.63) is 22.7 Å². The van der Waals surface area contributed by atoms with E-state index in [1.165, 1.54) is 24.2 Å². The number of amides is 1. The molecule has 0 spiro atoms. The van der Waals surface area contributed by atoms with Gasteiger partial charge in [0.2, 0.25) is 0 Å². The molecule has 1 amide bonds. The van der Waals surface area contributed by atoms with Crippen molar-refractivity contribution in [2.24, 2.45) is 5.92 Å². The van der Waals surface area contributed by atoms with Gasteiger partial charge in [0, 0.05) is 17.6 Å². The van der Waals surface area contributed by atoms with Crippen molar-refractivity contribution in [2.45, 2.75) is 19.8 Å². The van der Waals surface area contributed by atoms with Gasteiger partial charge in [-0.25, -0.2) is 4.98 Å². The van der Waals surface area contributed by atoms with Crippen LogP contribution in [0.1, 0.15) is 28.2 Å². The first kappa shape index (κ1) is 13.9. The molecule has 3 rings (SSSR count). The number of anilines is 1. The van der Waals surface area contributed by atoms with E-state index in [0.717, 1.165) is 22.5 Å². The molecule has 2 heterocycles. The molecule has 21 heavy (non-hydrogen) atoms. The molecule has 4 nitrogen and oxygen atoms in total. The summed E-state index contributed by atoms with van der Waals surface area (Å²) in [5.41, 5.74) is 7.58. The summed E-state index contributed by atoms with van der Waals surface area (Å²) in [6.45, 7) is 2.98. The smallest absolute Gasteiger partial charge is 0.266 e. The number of hydrogen-bond acceptors (Lipinski definition) is 4. The van der Waals surface area contributed by atoms with Crippen molar-refractivity contribution in [2.75, 3.05) is 18.8 Å². The average Bonchev–Trinajstić information content (AvgIpc) is 3.21. The van der Waals surface area contributed by atoms with Gasteiger partial charge in [0.05, 0.1) is 12.2 Å². The summed E-state index contributed by atoms with van der Waals surface area (Å²) in [5.74, 6) is 3.09. The van der Waals surface area contributed by atoms with Crippen LogP contribution < -0.4 is 5.73 Å². The number of hydrogen-bond donors (Lipinski definition) is 1. The zero-order valence-corrected chi connectivity index (χ0v) is 12.7. The Balaban J connectivity index is 1.95. The maximum atomic E-state index is 12.7. The molecule has 0 aromatic carbocycles.